The van der Waals surface area contributed by atoms with Crippen LogP contribution in [0.2, 0.25) is 0 Å². The summed E-state index contributed by atoms with van der Waals surface area (Å²) in [6.45, 7) is 4.84. The van der Waals surface area contributed by atoms with Gasteiger partial charge in [0.2, 0.25) is 5.78 Å². The number of phenols is 4. The molecule has 0 fully saturated rings. The molecule has 0 amide bonds. The molecule has 0 saturated carbocycles. The SMILES string of the molecule is CC(C)CCN=[N+]=[N-].O=C1c2c(O)cc(O)cc2OC(c2ccc(O)c(O)c2)C1O. The third-order valence-corrected chi connectivity index (χ3v) is 4.32. The Balaban J connectivity index is 0.000000343. The molecule has 2 unspecified atom stereocenters. The average Bonchev–Trinajstić information content (AvgIpc) is 2.67. The second-order valence-corrected chi connectivity index (χ2v) is 7.07. The number of phenolic OH excluding ortho intramolecular Hbond substituents is 4. The molecule has 10 nitrogen and oxygen atoms in total. The number of hydrogen-bond donors (Lipinski definition) is 5. The van der Waals surface area contributed by atoms with Crippen LogP contribution >= 0.6 is 0 Å². The van der Waals surface area contributed by atoms with Crippen LogP contribution in [0.4, 0.5) is 0 Å². The molecule has 160 valence electrons. The minimum Gasteiger partial charge on any atom is -0.508 e. The number of benzene rings is 2. The maximum atomic E-state index is 12.2. The lowest BCUT2D eigenvalue weighted by atomic mass is 9.92. The van der Waals surface area contributed by atoms with E-state index in [4.69, 9.17) is 10.3 Å². The van der Waals surface area contributed by atoms with Gasteiger partial charge in [-0.05, 0) is 35.6 Å². The van der Waals surface area contributed by atoms with Crippen LogP contribution in [-0.4, -0.2) is 44.0 Å². The number of ether oxygens (including phenoxy) is 1. The minimum absolute atomic E-state index is 0.0784. The Morgan fingerprint density at radius 2 is 1.80 bits per heavy atom. The number of ketones is 1. The van der Waals surface area contributed by atoms with E-state index in [0.717, 1.165) is 24.6 Å². The summed E-state index contributed by atoms with van der Waals surface area (Å²) in [5.74, 6) is -1.78. The predicted molar refractivity (Wildman–Crippen MR) is 107 cm³/mol. The highest BCUT2D eigenvalue weighted by molar-refractivity contribution is 6.05. The van der Waals surface area contributed by atoms with E-state index in [1.54, 1.807) is 0 Å². The van der Waals surface area contributed by atoms with Crippen molar-refractivity contribution in [2.24, 2.45) is 11.0 Å². The van der Waals surface area contributed by atoms with Crippen LogP contribution < -0.4 is 4.74 Å². The quantitative estimate of drug-likeness (QED) is 0.219. The van der Waals surface area contributed by atoms with Crippen molar-refractivity contribution in [1.29, 1.82) is 0 Å². The third-order valence-electron chi connectivity index (χ3n) is 4.32. The first kappa shape index (κ1) is 22.7. The van der Waals surface area contributed by atoms with Crippen molar-refractivity contribution in [3.8, 4) is 28.7 Å². The Bertz CT molecular complexity index is 971. The molecular formula is C20H23N3O7. The van der Waals surface area contributed by atoms with Gasteiger partial charge in [-0.25, -0.2) is 0 Å². The summed E-state index contributed by atoms with van der Waals surface area (Å²) in [6, 6.07) is 5.85. The van der Waals surface area contributed by atoms with Crippen LogP contribution in [0, 0.1) is 5.92 Å². The van der Waals surface area contributed by atoms with Crippen LogP contribution in [0.5, 0.6) is 28.7 Å². The number of rotatable bonds is 4. The Kier molecular flexibility index (Phi) is 7.35. The maximum Gasteiger partial charge on any atom is 0.202 e. The van der Waals surface area contributed by atoms with Gasteiger partial charge in [-0.2, -0.15) is 0 Å². The van der Waals surface area contributed by atoms with Gasteiger partial charge in [0.1, 0.15) is 22.8 Å². The number of aliphatic hydroxyl groups excluding tert-OH is 1. The summed E-state index contributed by atoms with van der Waals surface area (Å²) in [4.78, 5) is 14.8. The van der Waals surface area contributed by atoms with Gasteiger partial charge in [-0.1, -0.05) is 25.0 Å². The smallest absolute Gasteiger partial charge is 0.202 e. The van der Waals surface area contributed by atoms with E-state index >= 15 is 0 Å². The second kappa shape index (κ2) is 9.73. The monoisotopic (exact) mass is 417 g/mol. The highest BCUT2D eigenvalue weighted by Crippen LogP contribution is 2.42. The molecule has 0 aliphatic carbocycles. The first-order valence-electron chi connectivity index (χ1n) is 9.13. The molecule has 1 aliphatic heterocycles. The Hall–Kier alpha value is -3.62. The van der Waals surface area contributed by atoms with Crippen LogP contribution in [0.15, 0.2) is 35.4 Å². The molecule has 0 saturated heterocycles. The van der Waals surface area contributed by atoms with Crippen molar-refractivity contribution in [2.45, 2.75) is 32.5 Å². The molecule has 2 atom stereocenters. The van der Waals surface area contributed by atoms with E-state index in [0.29, 0.717) is 12.5 Å². The summed E-state index contributed by atoms with van der Waals surface area (Å²) >= 11 is 0. The van der Waals surface area contributed by atoms with Gasteiger partial charge < -0.3 is 30.3 Å². The summed E-state index contributed by atoms with van der Waals surface area (Å²) in [6.07, 6.45) is -1.76. The fourth-order valence-electron chi connectivity index (χ4n) is 2.74. The van der Waals surface area contributed by atoms with E-state index in [9.17, 15) is 30.3 Å². The van der Waals surface area contributed by atoms with Gasteiger partial charge in [0.05, 0.1) is 0 Å². The van der Waals surface area contributed by atoms with Gasteiger partial charge in [-0.3, -0.25) is 4.79 Å². The zero-order chi connectivity index (χ0) is 22.4. The molecule has 0 spiro atoms. The Morgan fingerprint density at radius 1 is 1.10 bits per heavy atom. The lowest BCUT2D eigenvalue weighted by Gasteiger charge is -2.30. The highest BCUT2D eigenvalue weighted by Gasteiger charge is 2.39. The lowest BCUT2D eigenvalue weighted by molar-refractivity contribution is 0.0210. The summed E-state index contributed by atoms with van der Waals surface area (Å²) in [7, 11) is 0. The molecule has 0 aromatic heterocycles. The first-order chi connectivity index (χ1) is 14.1. The zero-order valence-electron chi connectivity index (χ0n) is 16.4. The summed E-state index contributed by atoms with van der Waals surface area (Å²) in [5.41, 5.74) is 7.87. The number of aromatic hydroxyl groups is 4. The van der Waals surface area contributed by atoms with E-state index in [-0.39, 0.29) is 28.4 Å². The topological polar surface area (TPSA) is 176 Å². The number of fused-ring (bicyclic) bond motifs is 1. The fraction of sp³-hybridized carbons (Fsp3) is 0.350. The molecule has 0 bridgehead atoms. The van der Waals surface area contributed by atoms with E-state index in [1.807, 2.05) is 0 Å². The van der Waals surface area contributed by atoms with E-state index in [2.05, 4.69) is 23.9 Å². The molecule has 1 heterocycles. The second-order valence-electron chi connectivity index (χ2n) is 7.07. The summed E-state index contributed by atoms with van der Waals surface area (Å²) in [5, 5.41) is 51.5. The van der Waals surface area contributed by atoms with Crippen molar-refractivity contribution in [1.82, 2.24) is 0 Å². The number of azide groups is 1. The molecule has 5 N–H and O–H groups in total. The Labute approximate surface area is 172 Å². The molecule has 30 heavy (non-hydrogen) atoms. The zero-order valence-corrected chi connectivity index (χ0v) is 16.4. The third kappa shape index (κ3) is 5.25. The minimum atomic E-state index is -1.60. The standard InChI is InChI=1S/C15H12O7.C5H11N3/c16-7-4-10(19)12-11(5-7)22-15(14(21)13(12)20)6-1-2-8(17)9(18)3-6;1-5(2)3-4-7-8-6/h1-5,14-19,21H;5H,3-4H2,1-2H3. The van der Waals surface area contributed by atoms with Crippen molar-refractivity contribution in [3.05, 3.63) is 51.9 Å². The van der Waals surface area contributed by atoms with Crippen molar-refractivity contribution < 1.29 is 35.1 Å². The van der Waals surface area contributed by atoms with Gasteiger partial charge >= 0.3 is 0 Å². The molecule has 2 aromatic rings. The fourth-order valence-corrected chi connectivity index (χ4v) is 2.74. The van der Waals surface area contributed by atoms with Gasteiger partial charge in [0, 0.05) is 23.6 Å². The predicted octanol–water partition coefficient (Wildman–Crippen LogP) is 3.53. The van der Waals surface area contributed by atoms with Gasteiger partial charge in [0.15, 0.2) is 23.7 Å². The van der Waals surface area contributed by atoms with Gasteiger partial charge in [-0.15, -0.1) is 0 Å². The largest absolute Gasteiger partial charge is 0.508 e. The number of aliphatic hydroxyl groups is 1. The van der Waals surface area contributed by atoms with Crippen LogP contribution in [0.3, 0.4) is 0 Å². The molecule has 2 aromatic carbocycles. The normalized spacial score (nSPS) is 17.3. The number of carbonyl (C=O) groups excluding carboxylic acids is 1. The number of nitrogens with zero attached hydrogens (tertiary/aromatic N) is 3. The molecule has 10 heteroatoms. The highest BCUT2D eigenvalue weighted by atomic mass is 16.5. The average molecular weight is 417 g/mol. The van der Waals surface area contributed by atoms with Crippen LogP contribution in [0.25, 0.3) is 10.4 Å². The van der Waals surface area contributed by atoms with E-state index in [1.165, 1.54) is 12.1 Å². The number of Topliss-reactive ketones (excluding diaryl/α,β-unsaturated/α-hetero) is 1. The maximum absolute atomic E-state index is 12.2. The van der Waals surface area contributed by atoms with Crippen LogP contribution in [-0.2, 0) is 0 Å². The molecule has 1 aliphatic rings. The van der Waals surface area contributed by atoms with Crippen molar-refractivity contribution in [2.75, 3.05) is 6.54 Å². The van der Waals surface area contributed by atoms with Gasteiger partial charge in [0.25, 0.3) is 0 Å². The number of hydrogen-bond acceptors (Lipinski definition) is 8. The summed E-state index contributed by atoms with van der Waals surface area (Å²) < 4.78 is 5.47. The molecule has 3 rings (SSSR count). The first-order valence-corrected chi connectivity index (χ1v) is 9.13. The Morgan fingerprint density at radius 3 is 2.40 bits per heavy atom. The van der Waals surface area contributed by atoms with Crippen molar-refractivity contribution in [3.63, 3.8) is 0 Å². The van der Waals surface area contributed by atoms with Crippen molar-refractivity contribution >= 4 is 5.78 Å². The lowest BCUT2D eigenvalue weighted by Crippen LogP contribution is -2.36. The molecular weight excluding hydrogens is 394 g/mol. The van der Waals surface area contributed by atoms with E-state index < -0.39 is 29.5 Å². The van der Waals surface area contributed by atoms with Crippen LogP contribution in [0.1, 0.15) is 42.3 Å². The number of carbonyl (C=O) groups is 1. The molecule has 0 radical (unpaired) electrons.